The van der Waals surface area contributed by atoms with Gasteiger partial charge in [0.05, 0.1) is 11.7 Å². The molecule has 0 atom stereocenters. The highest BCUT2D eigenvalue weighted by molar-refractivity contribution is 5.95. The van der Waals surface area contributed by atoms with Crippen molar-refractivity contribution in [3.05, 3.63) is 48.2 Å². The summed E-state index contributed by atoms with van der Waals surface area (Å²) < 4.78 is 4.99. The fourth-order valence-corrected chi connectivity index (χ4v) is 3.01. The molecule has 1 saturated heterocycles. The minimum atomic E-state index is -0.0136. The van der Waals surface area contributed by atoms with Crippen LogP contribution in [0.15, 0.2) is 41.4 Å². The fourth-order valence-electron chi connectivity index (χ4n) is 3.01. The Kier molecular flexibility index (Phi) is 3.60. The van der Waals surface area contributed by atoms with E-state index in [2.05, 4.69) is 32.2 Å². The molecule has 1 fully saturated rings. The second-order valence-electron chi connectivity index (χ2n) is 5.84. The van der Waals surface area contributed by atoms with Crippen molar-refractivity contribution in [2.75, 3.05) is 31.1 Å². The lowest BCUT2D eigenvalue weighted by Gasteiger charge is -2.36. The molecule has 0 N–H and O–H groups in total. The van der Waals surface area contributed by atoms with Gasteiger partial charge in [-0.1, -0.05) is 5.16 Å². The smallest absolute Gasteiger partial charge is 0.259 e. The summed E-state index contributed by atoms with van der Waals surface area (Å²) >= 11 is 0. The molecule has 2 aromatic heterocycles. The van der Waals surface area contributed by atoms with Crippen LogP contribution >= 0.6 is 0 Å². The Bertz CT molecular complexity index is 883. The first kappa shape index (κ1) is 14.6. The van der Waals surface area contributed by atoms with Crippen molar-refractivity contribution in [3.8, 4) is 0 Å². The number of rotatable bonds is 2. The quantitative estimate of drug-likeness (QED) is 0.717. The lowest BCUT2D eigenvalue weighted by atomic mass is 10.1. The van der Waals surface area contributed by atoms with E-state index >= 15 is 0 Å². The predicted molar refractivity (Wildman–Crippen MR) is 88.9 cm³/mol. The topological polar surface area (TPSA) is 75.4 Å². The van der Waals surface area contributed by atoms with Crippen LogP contribution in [0.3, 0.4) is 0 Å². The van der Waals surface area contributed by atoms with Gasteiger partial charge in [0.15, 0.2) is 0 Å². The van der Waals surface area contributed by atoms with E-state index in [1.54, 1.807) is 13.3 Å². The van der Waals surface area contributed by atoms with Crippen LogP contribution in [0.1, 0.15) is 16.1 Å². The molecule has 0 saturated carbocycles. The summed E-state index contributed by atoms with van der Waals surface area (Å²) in [5.41, 5.74) is 2.61. The second-order valence-corrected chi connectivity index (χ2v) is 5.84. The molecule has 1 amide bonds. The van der Waals surface area contributed by atoms with E-state index in [1.807, 2.05) is 17.2 Å². The number of piperazine rings is 1. The molecule has 0 aliphatic carbocycles. The zero-order valence-corrected chi connectivity index (χ0v) is 13.3. The zero-order valence-electron chi connectivity index (χ0n) is 13.3. The molecule has 122 valence electrons. The molecule has 7 nitrogen and oxygen atoms in total. The standard InChI is InChI=1S/C17H17N5O2/c1-12-15(10-20-24-12)17(23)22-6-4-21(5-7-22)14-2-3-16-13(8-14)9-18-11-19-16/h2-3,8-11H,4-7H2,1H3. The molecule has 1 aliphatic heterocycles. The summed E-state index contributed by atoms with van der Waals surface area (Å²) in [7, 11) is 0. The maximum absolute atomic E-state index is 12.5. The average molecular weight is 323 g/mol. The summed E-state index contributed by atoms with van der Waals surface area (Å²) in [6.07, 6.45) is 4.87. The Balaban J connectivity index is 1.47. The normalized spacial score (nSPS) is 15.0. The number of fused-ring (bicyclic) bond motifs is 1. The first-order valence-electron chi connectivity index (χ1n) is 7.87. The molecular weight excluding hydrogens is 306 g/mol. The van der Waals surface area contributed by atoms with E-state index < -0.39 is 0 Å². The third kappa shape index (κ3) is 2.58. The van der Waals surface area contributed by atoms with Crippen LogP contribution in [0.4, 0.5) is 5.69 Å². The summed E-state index contributed by atoms with van der Waals surface area (Å²) in [6.45, 7) is 4.68. The number of carbonyl (C=O) groups is 1. The van der Waals surface area contributed by atoms with Crippen LogP contribution in [0, 0.1) is 6.92 Å². The van der Waals surface area contributed by atoms with Gasteiger partial charge < -0.3 is 14.3 Å². The van der Waals surface area contributed by atoms with Crippen LogP contribution in [-0.2, 0) is 0 Å². The molecule has 1 aromatic carbocycles. The summed E-state index contributed by atoms with van der Waals surface area (Å²) in [5, 5.41) is 4.71. The molecule has 3 aromatic rings. The summed E-state index contributed by atoms with van der Waals surface area (Å²) in [5.74, 6) is 0.553. The molecule has 7 heteroatoms. The van der Waals surface area contributed by atoms with Crippen LogP contribution in [0.25, 0.3) is 10.9 Å². The van der Waals surface area contributed by atoms with Gasteiger partial charge in [-0.2, -0.15) is 0 Å². The van der Waals surface area contributed by atoms with Gasteiger partial charge in [-0.05, 0) is 25.1 Å². The van der Waals surface area contributed by atoms with Crippen molar-refractivity contribution in [2.45, 2.75) is 6.92 Å². The molecule has 0 bridgehead atoms. The molecule has 24 heavy (non-hydrogen) atoms. The lowest BCUT2D eigenvalue weighted by molar-refractivity contribution is 0.0745. The van der Waals surface area contributed by atoms with E-state index in [9.17, 15) is 4.79 Å². The number of hydrogen-bond acceptors (Lipinski definition) is 6. The van der Waals surface area contributed by atoms with Gasteiger partial charge >= 0.3 is 0 Å². The number of anilines is 1. The third-order valence-electron chi connectivity index (χ3n) is 4.40. The first-order valence-corrected chi connectivity index (χ1v) is 7.87. The van der Waals surface area contributed by atoms with Crippen molar-refractivity contribution < 1.29 is 9.32 Å². The lowest BCUT2D eigenvalue weighted by Crippen LogP contribution is -2.48. The van der Waals surface area contributed by atoms with Crippen molar-refractivity contribution in [2.24, 2.45) is 0 Å². The van der Waals surface area contributed by atoms with E-state index in [0.717, 1.165) is 29.7 Å². The van der Waals surface area contributed by atoms with E-state index in [1.165, 1.54) is 6.20 Å². The maximum Gasteiger partial charge on any atom is 0.259 e. The minimum absolute atomic E-state index is 0.0136. The number of hydrogen-bond donors (Lipinski definition) is 0. The van der Waals surface area contributed by atoms with Crippen LogP contribution in [-0.4, -0.2) is 52.1 Å². The van der Waals surface area contributed by atoms with Gasteiger partial charge in [0, 0.05) is 43.4 Å². The van der Waals surface area contributed by atoms with Gasteiger partial charge in [-0.3, -0.25) is 4.79 Å². The molecule has 3 heterocycles. The van der Waals surface area contributed by atoms with Crippen molar-refractivity contribution >= 4 is 22.5 Å². The van der Waals surface area contributed by atoms with Crippen molar-refractivity contribution in [1.82, 2.24) is 20.0 Å². The summed E-state index contributed by atoms with van der Waals surface area (Å²) in [6, 6.07) is 6.16. The Morgan fingerprint density at radius 2 is 2.00 bits per heavy atom. The maximum atomic E-state index is 12.5. The number of benzene rings is 1. The second kappa shape index (κ2) is 5.92. The Morgan fingerprint density at radius 1 is 1.17 bits per heavy atom. The highest BCUT2D eigenvalue weighted by Gasteiger charge is 2.24. The van der Waals surface area contributed by atoms with Gasteiger partial charge in [0.2, 0.25) is 0 Å². The van der Waals surface area contributed by atoms with Gasteiger partial charge in [0.25, 0.3) is 5.91 Å². The minimum Gasteiger partial charge on any atom is -0.368 e. The van der Waals surface area contributed by atoms with E-state index in [4.69, 9.17) is 4.52 Å². The van der Waals surface area contributed by atoms with Crippen LogP contribution in [0.2, 0.25) is 0 Å². The number of aromatic nitrogens is 3. The Labute approximate surface area is 138 Å². The van der Waals surface area contributed by atoms with Crippen LogP contribution < -0.4 is 4.90 Å². The monoisotopic (exact) mass is 323 g/mol. The SMILES string of the molecule is Cc1oncc1C(=O)N1CCN(c2ccc3ncncc3c2)CC1. The zero-order chi connectivity index (χ0) is 16.5. The van der Waals surface area contributed by atoms with Gasteiger partial charge in [-0.25, -0.2) is 9.97 Å². The number of amides is 1. The number of aryl methyl sites for hydroxylation is 1. The van der Waals surface area contributed by atoms with Crippen molar-refractivity contribution in [3.63, 3.8) is 0 Å². The fraction of sp³-hybridized carbons (Fsp3) is 0.294. The summed E-state index contributed by atoms with van der Waals surface area (Å²) in [4.78, 5) is 24.9. The van der Waals surface area contributed by atoms with E-state index in [-0.39, 0.29) is 5.91 Å². The first-order chi connectivity index (χ1) is 11.7. The predicted octanol–water partition coefficient (Wildman–Crippen LogP) is 1.89. The highest BCUT2D eigenvalue weighted by Crippen LogP contribution is 2.22. The molecule has 0 spiro atoms. The largest absolute Gasteiger partial charge is 0.368 e. The molecule has 1 aliphatic rings. The average Bonchev–Trinajstić information content (AvgIpc) is 3.07. The highest BCUT2D eigenvalue weighted by atomic mass is 16.5. The van der Waals surface area contributed by atoms with E-state index in [0.29, 0.717) is 24.4 Å². The Hall–Kier alpha value is -2.96. The van der Waals surface area contributed by atoms with Crippen LogP contribution in [0.5, 0.6) is 0 Å². The molecule has 0 radical (unpaired) electrons. The van der Waals surface area contributed by atoms with Gasteiger partial charge in [0.1, 0.15) is 17.7 Å². The molecule has 0 unspecified atom stereocenters. The van der Waals surface area contributed by atoms with Gasteiger partial charge in [-0.15, -0.1) is 0 Å². The number of nitrogens with zero attached hydrogens (tertiary/aromatic N) is 5. The number of carbonyl (C=O) groups excluding carboxylic acids is 1. The molecular formula is C17H17N5O2. The van der Waals surface area contributed by atoms with Crippen molar-refractivity contribution in [1.29, 1.82) is 0 Å². The third-order valence-corrected chi connectivity index (χ3v) is 4.40. The Morgan fingerprint density at radius 3 is 2.75 bits per heavy atom. The molecule has 4 rings (SSSR count).